The van der Waals surface area contributed by atoms with Gasteiger partial charge in [0, 0.05) is 55.5 Å². The number of hydrogen-bond acceptors (Lipinski definition) is 4. The van der Waals surface area contributed by atoms with Crippen molar-refractivity contribution in [2.24, 2.45) is 5.92 Å². The Hall–Kier alpha value is -1.50. The van der Waals surface area contributed by atoms with Gasteiger partial charge in [0.2, 0.25) is 0 Å². The monoisotopic (exact) mass is 454 g/mol. The lowest BCUT2D eigenvalue weighted by atomic mass is 9.83. The third kappa shape index (κ3) is 3.89. The van der Waals surface area contributed by atoms with Gasteiger partial charge in [-0.15, -0.1) is 12.4 Å². The molecular formula is C20H24BrClN2O3. The second-order valence-electron chi connectivity index (χ2n) is 7.19. The molecule has 5 nitrogen and oxygen atoms in total. The van der Waals surface area contributed by atoms with Gasteiger partial charge in [-0.05, 0) is 40.4 Å². The predicted octanol–water partition coefficient (Wildman–Crippen LogP) is 3.67. The van der Waals surface area contributed by atoms with Crippen molar-refractivity contribution >= 4 is 28.3 Å². The summed E-state index contributed by atoms with van der Waals surface area (Å²) in [5, 5.41) is 0. The minimum absolute atomic E-state index is 0. The highest BCUT2D eigenvalue weighted by atomic mass is 79.9. The van der Waals surface area contributed by atoms with Crippen molar-refractivity contribution in [2.75, 3.05) is 27.3 Å². The Morgan fingerprint density at radius 1 is 1.11 bits per heavy atom. The molecule has 2 aliphatic rings. The van der Waals surface area contributed by atoms with Crippen LogP contribution in [0, 0.1) is 5.92 Å². The molecule has 0 spiro atoms. The summed E-state index contributed by atoms with van der Waals surface area (Å²) in [6.07, 6.45) is 1.17. The third-order valence-corrected chi connectivity index (χ3v) is 6.12. The fourth-order valence-corrected chi connectivity index (χ4v) is 4.96. The molecule has 1 saturated heterocycles. The molecule has 1 aromatic heterocycles. The number of piperidine rings is 1. The highest BCUT2D eigenvalue weighted by molar-refractivity contribution is 9.10. The summed E-state index contributed by atoms with van der Waals surface area (Å²) < 4.78 is 13.9. The second kappa shape index (κ2) is 8.25. The Balaban J connectivity index is 0.00000210. The first-order chi connectivity index (χ1) is 12.6. The normalized spacial score (nSPS) is 21.1. The van der Waals surface area contributed by atoms with E-state index in [1.165, 1.54) is 12.1 Å². The summed E-state index contributed by atoms with van der Waals surface area (Å²) in [6, 6.07) is 9.68. The molecule has 27 heavy (non-hydrogen) atoms. The van der Waals surface area contributed by atoms with Crippen LogP contribution in [-0.2, 0) is 13.1 Å². The number of pyridine rings is 1. The molecule has 3 heterocycles. The van der Waals surface area contributed by atoms with Gasteiger partial charge in [-0.1, -0.05) is 6.07 Å². The van der Waals surface area contributed by atoms with Crippen LogP contribution in [0.2, 0.25) is 0 Å². The fourth-order valence-electron chi connectivity index (χ4n) is 4.41. The lowest BCUT2D eigenvalue weighted by Crippen LogP contribution is -2.46. The van der Waals surface area contributed by atoms with E-state index in [0.29, 0.717) is 11.8 Å². The second-order valence-corrected chi connectivity index (χ2v) is 8.05. The van der Waals surface area contributed by atoms with Crippen LogP contribution in [0.4, 0.5) is 0 Å². The zero-order valence-electron chi connectivity index (χ0n) is 15.5. The van der Waals surface area contributed by atoms with Crippen molar-refractivity contribution in [2.45, 2.75) is 25.4 Å². The largest absolute Gasteiger partial charge is 0.496 e. The predicted molar refractivity (Wildman–Crippen MR) is 111 cm³/mol. The molecule has 2 aliphatic heterocycles. The van der Waals surface area contributed by atoms with Crippen molar-refractivity contribution in [3.63, 3.8) is 0 Å². The summed E-state index contributed by atoms with van der Waals surface area (Å²) in [5.41, 5.74) is 2.46. The van der Waals surface area contributed by atoms with E-state index in [2.05, 4.69) is 33.0 Å². The molecule has 4 rings (SSSR count). The zero-order valence-corrected chi connectivity index (χ0v) is 17.9. The van der Waals surface area contributed by atoms with Crippen LogP contribution in [0.3, 0.4) is 0 Å². The Labute approximate surface area is 173 Å². The van der Waals surface area contributed by atoms with Crippen molar-refractivity contribution in [1.82, 2.24) is 9.47 Å². The Morgan fingerprint density at radius 3 is 2.63 bits per heavy atom. The van der Waals surface area contributed by atoms with E-state index in [-0.39, 0.29) is 18.0 Å². The van der Waals surface area contributed by atoms with E-state index in [1.807, 2.05) is 16.7 Å². The Kier molecular flexibility index (Phi) is 6.18. The van der Waals surface area contributed by atoms with Crippen LogP contribution in [0.5, 0.6) is 11.5 Å². The molecule has 2 atom stereocenters. The topological polar surface area (TPSA) is 43.7 Å². The number of ether oxygens (including phenoxy) is 2. The number of aromatic nitrogens is 1. The van der Waals surface area contributed by atoms with E-state index < -0.39 is 0 Å². The number of halogens is 2. The fraction of sp³-hybridized carbons (Fsp3) is 0.450. The molecule has 0 amide bonds. The van der Waals surface area contributed by atoms with Gasteiger partial charge in [0.15, 0.2) is 0 Å². The molecule has 2 aromatic rings. The van der Waals surface area contributed by atoms with Crippen LogP contribution in [-0.4, -0.2) is 36.8 Å². The molecular weight excluding hydrogens is 432 g/mol. The maximum Gasteiger partial charge on any atom is 0.250 e. The molecule has 0 saturated carbocycles. The highest BCUT2D eigenvalue weighted by Crippen LogP contribution is 2.38. The van der Waals surface area contributed by atoms with Gasteiger partial charge in [0.1, 0.15) is 11.5 Å². The van der Waals surface area contributed by atoms with Crippen LogP contribution in [0.1, 0.15) is 23.6 Å². The smallest absolute Gasteiger partial charge is 0.250 e. The minimum Gasteiger partial charge on any atom is -0.496 e. The molecule has 0 radical (unpaired) electrons. The maximum atomic E-state index is 12.2. The SMILES string of the molecule is COc1cc(OC)c(CN2CC3C[C@H](C2)Cn2c3cccc2=O)cc1Br.Cl. The van der Waals surface area contributed by atoms with E-state index in [0.717, 1.165) is 47.7 Å². The van der Waals surface area contributed by atoms with E-state index in [9.17, 15) is 4.79 Å². The van der Waals surface area contributed by atoms with Crippen LogP contribution in [0.25, 0.3) is 0 Å². The molecule has 1 unspecified atom stereocenters. The van der Waals surface area contributed by atoms with Gasteiger partial charge < -0.3 is 14.0 Å². The van der Waals surface area contributed by atoms with Gasteiger partial charge in [0.05, 0.1) is 18.7 Å². The number of likely N-dealkylation sites (tertiary alicyclic amines) is 1. The van der Waals surface area contributed by atoms with Gasteiger partial charge in [0.25, 0.3) is 5.56 Å². The molecule has 0 aliphatic carbocycles. The van der Waals surface area contributed by atoms with Crippen molar-refractivity contribution in [3.8, 4) is 11.5 Å². The van der Waals surface area contributed by atoms with Crippen molar-refractivity contribution in [3.05, 3.63) is 56.4 Å². The van der Waals surface area contributed by atoms with E-state index in [1.54, 1.807) is 20.3 Å². The lowest BCUT2D eigenvalue weighted by Gasteiger charge is -2.43. The van der Waals surface area contributed by atoms with Crippen LogP contribution >= 0.6 is 28.3 Å². The Bertz CT molecular complexity index is 886. The van der Waals surface area contributed by atoms with Gasteiger partial charge in [-0.2, -0.15) is 0 Å². The summed E-state index contributed by atoms with van der Waals surface area (Å²) in [6.45, 7) is 3.62. The number of rotatable bonds is 4. The number of fused-ring (bicyclic) bond motifs is 4. The lowest BCUT2D eigenvalue weighted by molar-refractivity contribution is 0.113. The van der Waals surface area contributed by atoms with Crippen molar-refractivity contribution < 1.29 is 9.47 Å². The number of benzene rings is 1. The van der Waals surface area contributed by atoms with Crippen LogP contribution in [0.15, 0.2) is 39.6 Å². The zero-order chi connectivity index (χ0) is 18.3. The van der Waals surface area contributed by atoms with E-state index in [4.69, 9.17) is 9.47 Å². The molecule has 2 bridgehead atoms. The highest BCUT2D eigenvalue weighted by Gasteiger charge is 2.34. The summed E-state index contributed by atoms with van der Waals surface area (Å²) in [5.74, 6) is 2.56. The summed E-state index contributed by atoms with van der Waals surface area (Å²) in [7, 11) is 3.35. The number of nitrogens with zero attached hydrogens (tertiary/aromatic N) is 2. The molecule has 7 heteroatoms. The molecule has 0 N–H and O–H groups in total. The Morgan fingerprint density at radius 2 is 1.89 bits per heavy atom. The van der Waals surface area contributed by atoms with Gasteiger partial charge in [-0.3, -0.25) is 9.69 Å². The van der Waals surface area contributed by atoms with Crippen molar-refractivity contribution in [1.29, 1.82) is 0 Å². The van der Waals surface area contributed by atoms with Gasteiger partial charge >= 0.3 is 0 Å². The van der Waals surface area contributed by atoms with E-state index >= 15 is 0 Å². The first kappa shape index (κ1) is 20.2. The molecule has 146 valence electrons. The summed E-state index contributed by atoms with van der Waals surface area (Å²) in [4.78, 5) is 14.6. The number of hydrogen-bond donors (Lipinski definition) is 0. The average molecular weight is 456 g/mol. The average Bonchev–Trinajstić information content (AvgIpc) is 2.63. The minimum atomic E-state index is 0. The standard InChI is InChI=1S/C20H23BrN2O3.ClH/c1-25-18-8-19(26-2)16(21)7-15(18)12-22-9-13-6-14(11-22)17-4-3-5-20(24)23(17)10-13;/h3-5,7-8,13-14H,6,9-12H2,1-2H3;1H/t13-,14?;/m1./s1. The first-order valence-corrected chi connectivity index (χ1v) is 9.71. The quantitative estimate of drug-likeness (QED) is 0.706. The maximum absolute atomic E-state index is 12.2. The number of methoxy groups -OCH3 is 2. The summed E-state index contributed by atoms with van der Waals surface area (Å²) >= 11 is 3.58. The van der Waals surface area contributed by atoms with Gasteiger partial charge in [-0.25, -0.2) is 0 Å². The molecule has 1 fully saturated rings. The van der Waals surface area contributed by atoms with Crippen LogP contribution < -0.4 is 15.0 Å². The third-order valence-electron chi connectivity index (χ3n) is 5.50. The first-order valence-electron chi connectivity index (χ1n) is 8.91. The molecule has 1 aromatic carbocycles.